The Balaban J connectivity index is 1.86. The number of aromatic nitrogens is 2. The highest BCUT2D eigenvalue weighted by atomic mass is 35.5. The van der Waals surface area contributed by atoms with Crippen LogP contribution >= 0.6 is 23.2 Å². The second-order valence-electron chi connectivity index (χ2n) is 9.35. The second kappa shape index (κ2) is 10.7. The Morgan fingerprint density at radius 3 is 2.33 bits per heavy atom. The molecule has 0 atom stereocenters. The molecule has 1 heterocycles. The Kier molecular flexibility index (Phi) is 7.91. The maximum atomic E-state index is 14.9. The molecule has 0 bridgehead atoms. The number of esters is 1. The van der Waals surface area contributed by atoms with Gasteiger partial charge in [0.25, 0.3) is 0 Å². The molecule has 0 spiro atoms. The number of carbonyl (C=O) groups excluding carboxylic acids is 1. The normalized spacial score (nSPS) is 12.0. The topological polar surface area (TPSA) is 98.5 Å². The van der Waals surface area contributed by atoms with Crippen molar-refractivity contribution in [1.29, 1.82) is 0 Å². The van der Waals surface area contributed by atoms with Crippen LogP contribution in [-0.2, 0) is 20.2 Å². The summed E-state index contributed by atoms with van der Waals surface area (Å²) < 4.78 is 46.3. The number of carbonyl (C=O) groups is 1. The maximum Gasteiger partial charge on any atom is 0.339 e. The van der Waals surface area contributed by atoms with Crippen LogP contribution in [0.15, 0.2) is 65.7 Å². The molecule has 4 rings (SSSR count). The summed E-state index contributed by atoms with van der Waals surface area (Å²) in [6, 6.07) is 13.6. The van der Waals surface area contributed by atoms with Crippen molar-refractivity contribution in [2.75, 3.05) is 12.9 Å². The van der Waals surface area contributed by atoms with Crippen molar-refractivity contribution in [3.8, 4) is 28.2 Å². The summed E-state index contributed by atoms with van der Waals surface area (Å²) in [5.74, 6) is -1.19. The summed E-state index contributed by atoms with van der Waals surface area (Å²) in [6.07, 6.45) is 2.56. The monoisotopic (exact) mass is 590 g/mol. The van der Waals surface area contributed by atoms with Gasteiger partial charge in [0.15, 0.2) is 9.84 Å². The van der Waals surface area contributed by atoms with Gasteiger partial charge < -0.3 is 9.84 Å². The van der Waals surface area contributed by atoms with Crippen LogP contribution in [0.25, 0.3) is 28.2 Å². The molecule has 0 amide bonds. The molecule has 0 unspecified atom stereocenters. The third-order valence-corrected chi connectivity index (χ3v) is 7.69. The standard InChI is InChI=1S/C28H25Cl2FN2O5S/c1-5-38-27(34)18-11-9-17(14-23(18)39(4,36)37)16-10-12-22(20(30)13-16)33-15-24(28(2,3)35)32-26(33)25-19(29)7-6-8-21(25)31/h6-15,35H,5H2,1-4H3. The molecular formula is C28H25Cl2FN2O5S. The van der Waals surface area contributed by atoms with Crippen LogP contribution in [0.5, 0.6) is 0 Å². The number of aliphatic hydroxyl groups is 1. The number of hydrogen-bond donors (Lipinski definition) is 1. The van der Waals surface area contributed by atoms with Crippen molar-refractivity contribution in [1.82, 2.24) is 9.55 Å². The summed E-state index contributed by atoms with van der Waals surface area (Å²) in [4.78, 5) is 16.6. The van der Waals surface area contributed by atoms with Crippen molar-refractivity contribution in [2.45, 2.75) is 31.3 Å². The van der Waals surface area contributed by atoms with Crippen LogP contribution in [0.1, 0.15) is 36.8 Å². The van der Waals surface area contributed by atoms with Crippen LogP contribution < -0.4 is 0 Å². The quantitative estimate of drug-likeness (QED) is 0.248. The molecule has 0 saturated heterocycles. The largest absolute Gasteiger partial charge is 0.462 e. The molecule has 204 valence electrons. The van der Waals surface area contributed by atoms with Gasteiger partial charge in [-0.2, -0.15) is 0 Å². The van der Waals surface area contributed by atoms with E-state index < -0.39 is 27.2 Å². The third kappa shape index (κ3) is 5.86. The van der Waals surface area contributed by atoms with Crippen molar-refractivity contribution in [3.05, 3.63) is 87.9 Å². The van der Waals surface area contributed by atoms with E-state index in [0.29, 0.717) is 16.8 Å². The molecule has 4 aromatic rings. The zero-order valence-corrected chi connectivity index (χ0v) is 23.8. The molecule has 7 nitrogen and oxygen atoms in total. The number of nitrogens with zero attached hydrogens (tertiary/aromatic N) is 2. The summed E-state index contributed by atoms with van der Waals surface area (Å²) in [6.45, 7) is 4.84. The molecule has 0 fully saturated rings. The van der Waals surface area contributed by atoms with Crippen molar-refractivity contribution < 1.29 is 27.4 Å². The number of hydrogen-bond acceptors (Lipinski definition) is 6. The van der Waals surface area contributed by atoms with Crippen LogP contribution in [0.3, 0.4) is 0 Å². The predicted molar refractivity (Wildman–Crippen MR) is 149 cm³/mol. The Morgan fingerprint density at radius 1 is 1.08 bits per heavy atom. The summed E-state index contributed by atoms with van der Waals surface area (Å²) in [7, 11) is -3.76. The average Bonchev–Trinajstić information content (AvgIpc) is 3.28. The van der Waals surface area contributed by atoms with E-state index in [-0.39, 0.29) is 44.2 Å². The number of sulfone groups is 1. The molecule has 0 aliphatic rings. The molecule has 39 heavy (non-hydrogen) atoms. The number of ether oxygens (including phenoxy) is 1. The second-order valence-corrected chi connectivity index (χ2v) is 12.1. The summed E-state index contributed by atoms with van der Waals surface area (Å²) >= 11 is 13.0. The van der Waals surface area contributed by atoms with Gasteiger partial charge in [0, 0.05) is 12.5 Å². The van der Waals surface area contributed by atoms with Crippen LogP contribution in [0, 0.1) is 5.82 Å². The van der Waals surface area contributed by atoms with Crippen LogP contribution in [-0.4, -0.2) is 41.9 Å². The van der Waals surface area contributed by atoms with Gasteiger partial charge in [-0.25, -0.2) is 22.6 Å². The number of benzene rings is 3. The van der Waals surface area contributed by atoms with Crippen molar-refractivity contribution >= 4 is 39.0 Å². The minimum absolute atomic E-state index is 0.0437. The summed E-state index contributed by atoms with van der Waals surface area (Å²) in [5.41, 5.74) is 0.396. The Bertz CT molecular complexity index is 1670. The molecular weight excluding hydrogens is 566 g/mol. The van der Waals surface area contributed by atoms with Crippen LogP contribution in [0.4, 0.5) is 4.39 Å². The lowest BCUT2D eigenvalue weighted by molar-refractivity contribution is 0.0521. The number of rotatable bonds is 7. The molecule has 1 N–H and O–H groups in total. The number of imidazole rings is 1. The zero-order valence-electron chi connectivity index (χ0n) is 21.5. The van der Waals surface area contributed by atoms with Gasteiger partial charge in [0.2, 0.25) is 0 Å². The first-order valence-electron chi connectivity index (χ1n) is 11.8. The van der Waals surface area contributed by atoms with Gasteiger partial charge in [-0.05, 0) is 68.3 Å². The lowest BCUT2D eigenvalue weighted by Gasteiger charge is -2.14. The summed E-state index contributed by atoms with van der Waals surface area (Å²) in [5, 5.41) is 11.0. The van der Waals surface area contributed by atoms with Crippen molar-refractivity contribution in [2.24, 2.45) is 0 Å². The van der Waals surface area contributed by atoms with E-state index in [1.165, 1.54) is 34.9 Å². The molecule has 11 heteroatoms. The number of halogens is 3. The minimum atomic E-state index is -3.76. The lowest BCUT2D eigenvalue weighted by atomic mass is 10.0. The van der Waals surface area contributed by atoms with Crippen molar-refractivity contribution in [3.63, 3.8) is 0 Å². The molecule has 0 aliphatic heterocycles. The van der Waals surface area contributed by atoms with E-state index in [4.69, 9.17) is 27.9 Å². The molecule has 0 radical (unpaired) electrons. The van der Waals surface area contributed by atoms with E-state index >= 15 is 0 Å². The highest BCUT2D eigenvalue weighted by molar-refractivity contribution is 7.90. The first kappa shape index (κ1) is 28.8. The van der Waals surface area contributed by atoms with E-state index in [9.17, 15) is 22.7 Å². The van der Waals surface area contributed by atoms with Gasteiger partial charge in [0.05, 0.1) is 44.1 Å². The van der Waals surface area contributed by atoms with E-state index in [0.717, 1.165) is 6.26 Å². The highest BCUT2D eigenvalue weighted by Gasteiger charge is 2.26. The minimum Gasteiger partial charge on any atom is -0.462 e. The smallest absolute Gasteiger partial charge is 0.339 e. The highest BCUT2D eigenvalue weighted by Crippen LogP contribution is 2.37. The molecule has 0 aliphatic carbocycles. The van der Waals surface area contributed by atoms with Gasteiger partial charge in [-0.3, -0.25) is 4.57 Å². The first-order chi connectivity index (χ1) is 18.2. The fraction of sp³-hybridized carbons (Fsp3) is 0.214. The maximum absolute atomic E-state index is 14.9. The SMILES string of the molecule is CCOC(=O)c1ccc(-c2ccc(-n3cc(C(C)(C)O)nc3-c3c(F)cccc3Cl)c(Cl)c2)cc1S(C)(=O)=O. The van der Waals surface area contributed by atoms with E-state index in [1.54, 1.807) is 51.2 Å². The van der Waals surface area contributed by atoms with Gasteiger partial charge in [0.1, 0.15) is 17.2 Å². The average molecular weight is 591 g/mol. The van der Waals surface area contributed by atoms with Gasteiger partial charge in [-0.1, -0.05) is 41.4 Å². The Hall–Kier alpha value is -3.24. The predicted octanol–water partition coefficient (Wildman–Crippen LogP) is 6.46. The lowest BCUT2D eigenvalue weighted by Crippen LogP contribution is -2.15. The third-order valence-electron chi connectivity index (χ3n) is 5.94. The Labute approximate surface area is 235 Å². The first-order valence-corrected chi connectivity index (χ1v) is 14.4. The van der Waals surface area contributed by atoms with E-state index in [1.807, 2.05) is 0 Å². The zero-order chi connectivity index (χ0) is 28.7. The van der Waals surface area contributed by atoms with Gasteiger partial charge in [-0.15, -0.1) is 0 Å². The Morgan fingerprint density at radius 2 is 1.74 bits per heavy atom. The van der Waals surface area contributed by atoms with Gasteiger partial charge >= 0.3 is 5.97 Å². The van der Waals surface area contributed by atoms with Crippen LogP contribution in [0.2, 0.25) is 10.0 Å². The molecule has 3 aromatic carbocycles. The fourth-order valence-electron chi connectivity index (χ4n) is 4.01. The van der Waals surface area contributed by atoms with E-state index in [2.05, 4.69) is 4.98 Å². The molecule has 0 saturated carbocycles. The fourth-order valence-corrected chi connectivity index (χ4v) is 5.43. The molecule has 1 aromatic heterocycles.